The van der Waals surface area contributed by atoms with Gasteiger partial charge < -0.3 is 4.74 Å². The van der Waals surface area contributed by atoms with E-state index in [0.29, 0.717) is 11.6 Å². The molecular formula is C9H13NO2S. The molecule has 0 bridgehead atoms. The van der Waals surface area contributed by atoms with Crippen molar-refractivity contribution in [2.24, 2.45) is 0 Å². The van der Waals surface area contributed by atoms with Crippen LogP contribution in [0.5, 0.6) is 0 Å². The molecule has 0 N–H and O–H groups in total. The number of carbonyl (C=O) groups excluding carboxylic acids is 1. The first kappa shape index (κ1) is 10.2. The van der Waals surface area contributed by atoms with Gasteiger partial charge in [-0.1, -0.05) is 13.8 Å². The van der Waals surface area contributed by atoms with E-state index >= 15 is 0 Å². The van der Waals surface area contributed by atoms with Crippen LogP contribution in [0.25, 0.3) is 0 Å². The second-order valence-electron chi connectivity index (χ2n) is 2.87. The Morgan fingerprint density at radius 2 is 2.46 bits per heavy atom. The van der Waals surface area contributed by atoms with Gasteiger partial charge in [0.05, 0.1) is 12.6 Å². The highest BCUT2D eigenvalue weighted by Gasteiger charge is 2.18. The summed E-state index contributed by atoms with van der Waals surface area (Å²) < 4.78 is 4.64. The molecule has 72 valence electrons. The molecule has 1 unspecified atom stereocenters. The maximum Gasteiger partial charge on any atom is 0.357 e. The van der Waals surface area contributed by atoms with Gasteiger partial charge in [-0.05, 0) is 12.3 Å². The highest BCUT2D eigenvalue weighted by atomic mass is 32.1. The van der Waals surface area contributed by atoms with Crippen molar-refractivity contribution in [3.63, 3.8) is 0 Å². The molecule has 0 aliphatic rings. The molecule has 0 amide bonds. The zero-order chi connectivity index (χ0) is 9.84. The van der Waals surface area contributed by atoms with E-state index in [1.165, 1.54) is 18.4 Å². The molecule has 1 heterocycles. The SMILES string of the molecule is CCC(C)c1scnc1C(=O)OC. The van der Waals surface area contributed by atoms with Gasteiger partial charge in [0.25, 0.3) is 0 Å². The first-order valence-corrected chi connectivity index (χ1v) is 5.10. The van der Waals surface area contributed by atoms with E-state index in [0.717, 1.165) is 11.3 Å². The normalized spacial score (nSPS) is 12.5. The molecule has 1 rings (SSSR count). The fourth-order valence-electron chi connectivity index (χ4n) is 1.04. The third-order valence-corrected chi connectivity index (χ3v) is 3.09. The van der Waals surface area contributed by atoms with Crippen molar-refractivity contribution in [3.8, 4) is 0 Å². The molecule has 0 saturated heterocycles. The number of thiazole rings is 1. The Morgan fingerprint density at radius 1 is 1.77 bits per heavy atom. The van der Waals surface area contributed by atoms with Gasteiger partial charge in [0.2, 0.25) is 0 Å². The average molecular weight is 199 g/mol. The molecule has 1 aromatic heterocycles. The van der Waals surface area contributed by atoms with Crippen LogP contribution < -0.4 is 0 Å². The van der Waals surface area contributed by atoms with Gasteiger partial charge in [0.1, 0.15) is 0 Å². The van der Waals surface area contributed by atoms with Crippen molar-refractivity contribution in [2.75, 3.05) is 7.11 Å². The fraction of sp³-hybridized carbons (Fsp3) is 0.556. The van der Waals surface area contributed by atoms with Crippen molar-refractivity contribution in [2.45, 2.75) is 26.2 Å². The fourth-order valence-corrected chi connectivity index (χ4v) is 1.96. The van der Waals surface area contributed by atoms with Crippen LogP contribution in [0.1, 0.15) is 41.6 Å². The van der Waals surface area contributed by atoms with Crippen molar-refractivity contribution >= 4 is 17.3 Å². The maximum atomic E-state index is 11.2. The zero-order valence-corrected chi connectivity index (χ0v) is 8.85. The van der Waals surface area contributed by atoms with E-state index in [1.54, 1.807) is 5.51 Å². The molecular weight excluding hydrogens is 186 g/mol. The molecule has 0 radical (unpaired) electrons. The number of carbonyl (C=O) groups is 1. The monoisotopic (exact) mass is 199 g/mol. The van der Waals surface area contributed by atoms with Gasteiger partial charge in [-0.2, -0.15) is 0 Å². The quantitative estimate of drug-likeness (QED) is 0.702. The first-order valence-electron chi connectivity index (χ1n) is 4.22. The Balaban J connectivity index is 2.95. The third kappa shape index (κ3) is 2.06. The van der Waals surface area contributed by atoms with Gasteiger partial charge in [-0.25, -0.2) is 9.78 Å². The maximum absolute atomic E-state index is 11.2. The Morgan fingerprint density at radius 3 is 3.00 bits per heavy atom. The van der Waals surface area contributed by atoms with Gasteiger partial charge in [0.15, 0.2) is 5.69 Å². The van der Waals surface area contributed by atoms with Crippen molar-refractivity contribution < 1.29 is 9.53 Å². The van der Waals surface area contributed by atoms with E-state index in [9.17, 15) is 4.79 Å². The molecule has 4 heteroatoms. The Kier molecular flexibility index (Phi) is 3.42. The summed E-state index contributed by atoms with van der Waals surface area (Å²) in [5.41, 5.74) is 2.16. The lowest BCUT2D eigenvalue weighted by Gasteiger charge is -2.06. The second-order valence-corrected chi connectivity index (χ2v) is 3.75. The number of ether oxygens (including phenoxy) is 1. The number of esters is 1. The number of nitrogens with zero attached hydrogens (tertiary/aromatic N) is 1. The molecule has 0 saturated carbocycles. The summed E-state index contributed by atoms with van der Waals surface area (Å²) in [6, 6.07) is 0. The molecule has 13 heavy (non-hydrogen) atoms. The van der Waals surface area contributed by atoms with Crippen LogP contribution in [0.4, 0.5) is 0 Å². The molecule has 0 aliphatic carbocycles. The van der Waals surface area contributed by atoms with Crippen LogP contribution in [0.3, 0.4) is 0 Å². The van der Waals surface area contributed by atoms with Crippen LogP contribution in [-0.4, -0.2) is 18.1 Å². The Labute approximate surface area is 81.8 Å². The lowest BCUT2D eigenvalue weighted by Crippen LogP contribution is -2.06. The topological polar surface area (TPSA) is 39.2 Å². The van der Waals surface area contributed by atoms with Gasteiger partial charge in [-0.15, -0.1) is 11.3 Å². The van der Waals surface area contributed by atoms with Crippen LogP contribution in [0.2, 0.25) is 0 Å². The largest absolute Gasteiger partial charge is 0.464 e. The van der Waals surface area contributed by atoms with Crippen LogP contribution in [0.15, 0.2) is 5.51 Å². The summed E-state index contributed by atoms with van der Waals surface area (Å²) in [5.74, 6) is 0.0400. The molecule has 1 aromatic rings. The molecule has 0 aliphatic heterocycles. The molecule has 1 atom stereocenters. The zero-order valence-electron chi connectivity index (χ0n) is 8.03. The summed E-state index contributed by atoms with van der Waals surface area (Å²) in [5, 5.41) is 0. The number of rotatable bonds is 3. The lowest BCUT2D eigenvalue weighted by molar-refractivity contribution is 0.0593. The number of aromatic nitrogens is 1. The van der Waals surface area contributed by atoms with Crippen molar-refractivity contribution in [1.82, 2.24) is 4.98 Å². The Bertz CT molecular complexity index is 296. The van der Waals surface area contributed by atoms with Crippen LogP contribution >= 0.6 is 11.3 Å². The van der Waals surface area contributed by atoms with E-state index < -0.39 is 0 Å². The highest BCUT2D eigenvalue weighted by Crippen LogP contribution is 2.26. The first-order chi connectivity index (χ1) is 6.20. The third-order valence-electron chi connectivity index (χ3n) is 2.03. The minimum atomic E-state index is -0.337. The summed E-state index contributed by atoms with van der Waals surface area (Å²) >= 11 is 1.51. The number of hydrogen-bond donors (Lipinski definition) is 0. The Hall–Kier alpha value is -0.900. The molecule has 3 nitrogen and oxygen atoms in total. The van der Waals surface area contributed by atoms with E-state index in [2.05, 4.69) is 23.6 Å². The second kappa shape index (κ2) is 4.37. The number of methoxy groups -OCH3 is 1. The highest BCUT2D eigenvalue weighted by molar-refractivity contribution is 7.10. The molecule has 0 spiro atoms. The standard InChI is InChI=1S/C9H13NO2S/c1-4-6(2)8-7(9(11)12-3)10-5-13-8/h5-6H,4H2,1-3H3. The lowest BCUT2D eigenvalue weighted by atomic mass is 10.1. The predicted octanol–water partition coefficient (Wildman–Crippen LogP) is 2.44. The summed E-state index contributed by atoms with van der Waals surface area (Å²) in [7, 11) is 1.38. The number of hydrogen-bond acceptors (Lipinski definition) is 4. The average Bonchev–Trinajstić information content (AvgIpc) is 2.63. The van der Waals surface area contributed by atoms with Gasteiger partial charge >= 0.3 is 5.97 Å². The van der Waals surface area contributed by atoms with Gasteiger partial charge in [-0.3, -0.25) is 0 Å². The van der Waals surface area contributed by atoms with Crippen molar-refractivity contribution in [3.05, 3.63) is 16.1 Å². The van der Waals surface area contributed by atoms with Crippen LogP contribution in [-0.2, 0) is 4.74 Å². The van der Waals surface area contributed by atoms with E-state index in [4.69, 9.17) is 0 Å². The summed E-state index contributed by atoms with van der Waals surface area (Å²) in [6.07, 6.45) is 1.01. The van der Waals surface area contributed by atoms with Gasteiger partial charge in [0, 0.05) is 4.88 Å². The van der Waals surface area contributed by atoms with Crippen LogP contribution in [0, 0.1) is 0 Å². The summed E-state index contributed by atoms with van der Waals surface area (Å²) in [6.45, 7) is 4.17. The minimum Gasteiger partial charge on any atom is -0.464 e. The smallest absolute Gasteiger partial charge is 0.357 e. The van der Waals surface area contributed by atoms with E-state index in [-0.39, 0.29) is 5.97 Å². The summed E-state index contributed by atoms with van der Waals surface area (Å²) in [4.78, 5) is 16.3. The minimum absolute atomic E-state index is 0.337. The molecule has 0 aromatic carbocycles. The predicted molar refractivity (Wildman–Crippen MR) is 52.2 cm³/mol. The molecule has 0 fully saturated rings. The van der Waals surface area contributed by atoms with E-state index in [1.807, 2.05) is 0 Å². The van der Waals surface area contributed by atoms with Crippen molar-refractivity contribution in [1.29, 1.82) is 0 Å².